The van der Waals surface area contributed by atoms with Gasteiger partial charge in [0.15, 0.2) is 0 Å². The first-order valence-electron chi connectivity index (χ1n) is 6.24. The van der Waals surface area contributed by atoms with E-state index >= 15 is 0 Å². The van der Waals surface area contributed by atoms with Crippen LogP contribution in [0.2, 0.25) is 0 Å². The molecule has 18 heavy (non-hydrogen) atoms. The van der Waals surface area contributed by atoms with Gasteiger partial charge >= 0.3 is 0 Å². The first-order valence-corrected chi connectivity index (χ1v) is 8.00. The lowest BCUT2D eigenvalue weighted by Gasteiger charge is -2.22. The molecule has 0 bridgehead atoms. The third-order valence-corrected chi connectivity index (χ3v) is 4.78. The van der Waals surface area contributed by atoms with Crippen molar-refractivity contribution >= 4 is 22.7 Å². The van der Waals surface area contributed by atoms with Gasteiger partial charge in [-0.2, -0.15) is 0 Å². The number of hydrogen-bond acceptors (Lipinski definition) is 4. The zero-order valence-corrected chi connectivity index (χ0v) is 12.2. The highest BCUT2D eigenvalue weighted by molar-refractivity contribution is 7.10. The molecule has 2 aromatic rings. The van der Waals surface area contributed by atoms with E-state index in [1.54, 1.807) is 22.7 Å². The van der Waals surface area contributed by atoms with Gasteiger partial charge in [0, 0.05) is 22.2 Å². The van der Waals surface area contributed by atoms with Gasteiger partial charge < -0.3 is 10.5 Å². The van der Waals surface area contributed by atoms with Gasteiger partial charge in [0.2, 0.25) is 0 Å². The minimum atomic E-state index is 0.0370. The summed E-state index contributed by atoms with van der Waals surface area (Å²) in [6.07, 6.45) is 1.94. The third-order valence-electron chi connectivity index (χ3n) is 2.91. The van der Waals surface area contributed by atoms with Crippen molar-refractivity contribution in [1.29, 1.82) is 0 Å². The van der Waals surface area contributed by atoms with Gasteiger partial charge in [-0.25, -0.2) is 0 Å². The van der Waals surface area contributed by atoms with Crippen LogP contribution in [-0.4, -0.2) is 12.6 Å². The summed E-state index contributed by atoms with van der Waals surface area (Å²) >= 11 is 3.50. The Hall–Kier alpha value is -0.680. The maximum absolute atomic E-state index is 6.15. The van der Waals surface area contributed by atoms with Crippen LogP contribution in [0.4, 0.5) is 0 Å². The molecule has 2 unspecified atom stereocenters. The molecule has 2 atom stereocenters. The van der Waals surface area contributed by atoms with Gasteiger partial charge in [-0.1, -0.05) is 19.1 Å². The van der Waals surface area contributed by atoms with E-state index in [4.69, 9.17) is 10.5 Å². The summed E-state index contributed by atoms with van der Waals surface area (Å²) in [4.78, 5) is 2.60. The molecule has 0 aromatic carbocycles. The van der Waals surface area contributed by atoms with E-state index in [9.17, 15) is 0 Å². The lowest BCUT2D eigenvalue weighted by atomic mass is 10.1. The fourth-order valence-corrected chi connectivity index (χ4v) is 3.36. The normalized spacial score (nSPS) is 14.6. The van der Waals surface area contributed by atoms with Gasteiger partial charge in [0.25, 0.3) is 0 Å². The smallest absolute Gasteiger partial charge is 0.107 e. The Morgan fingerprint density at radius 2 is 2.00 bits per heavy atom. The van der Waals surface area contributed by atoms with Crippen molar-refractivity contribution in [3.05, 3.63) is 44.8 Å². The second-order valence-corrected chi connectivity index (χ2v) is 6.22. The van der Waals surface area contributed by atoms with Gasteiger partial charge in [-0.05, 0) is 29.3 Å². The quantitative estimate of drug-likeness (QED) is 0.836. The summed E-state index contributed by atoms with van der Waals surface area (Å²) in [6.45, 7) is 2.84. The molecule has 2 heterocycles. The monoisotopic (exact) mass is 281 g/mol. The van der Waals surface area contributed by atoms with Crippen LogP contribution in [0.1, 0.15) is 29.2 Å². The van der Waals surface area contributed by atoms with Crippen LogP contribution >= 0.6 is 22.7 Å². The minimum absolute atomic E-state index is 0.0370. The van der Waals surface area contributed by atoms with Crippen LogP contribution in [-0.2, 0) is 11.2 Å². The predicted octanol–water partition coefficient (Wildman–Crippen LogP) is 3.85. The molecule has 0 fully saturated rings. The lowest BCUT2D eigenvalue weighted by molar-refractivity contribution is 0.0381. The second kappa shape index (κ2) is 7.04. The van der Waals surface area contributed by atoms with E-state index in [2.05, 4.69) is 41.9 Å². The zero-order valence-electron chi connectivity index (χ0n) is 10.5. The van der Waals surface area contributed by atoms with Gasteiger partial charge in [0.05, 0.1) is 6.61 Å². The molecular formula is C14H19NOS2. The van der Waals surface area contributed by atoms with E-state index < -0.39 is 0 Å². The molecule has 0 amide bonds. The van der Waals surface area contributed by atoms with Crippen LogP contribution in [0.15, 0.2) is 35.0 Å². The molecule has 2 aromatic heterocycles. The van der Waals surface area contributed by atoms with Crippen molar-refractivity contribution in [2.45, 2.75) is 31.9 Å². The zero-order chi connectivity index (χ0) is 12.8. The number of hydrogen-bond donors (Lipinski definition) is 1. The van der Waals surface area contributed by atoms with Gasteiger partial charge in [-0.15, -0.1) is 22.7 Å². The van der Waals surface area contributed by atoms with Crippen molar-refractivity contribution in [3.63, 3.8) is 0 Å². The molecule has 0 aliphatic rings. The average Bonchev–Trinajstić information content (AvgIpc) is 3.06. The van der Waals surface area contributed by atoms with Crippen molar-refractivity contribution in [3.8, 4) is 0 Å². The summed E-state index contributed by atoms with van der Waals surface area (Å²) in [5, 5.41) is 4.18. The standard InChI is InChI=1S/C14H19NOS2/c1-2-12(15)14(13-6-4-10-18-13)16-8-7-11-5-3-9-17-11/h3-6,9-10,12,14H,2,7-8,15H2,1H3. The molecule has 0 spiro atoms. The summed E-state index contributed by atoms with van der Waals surface area (Å²) in [5.74, 6) is 0. The van der Waals surface area contributed by atoms with Crippen molar-refractivity contribution in [2.24, 2.45) is 5.73 Å². The van der Waals surface area contributed by atoms with Crippen LogP contribution in [0, 0.1) is 0 Å². The molecular weight excluding hydrogens is 262 g/mol. The Labute approximate surface area is 116 Å². The van der Waals surface area contributed by atoms with E-state index in [1.165, 1.54) is 9.75 Å². The highest BCUT2D eigenvalue weighted by atomic mass is 32.1. The van der Waals surface area contributed by atoms with Crippen molar-refractivity contribution < 1.29 is 4.74 Å². The van der Waals surface area contributed by atoms with E-state index in [-0.39, 0.29) is 12.1 Å². The number of nitrogens with two attached hydrogens (primary N) is 1. The Morgan fingerprint density at radius 1 is 1.22 bits per heavy atom. The van der Waals surface area contributed by atoms with Gasteiger partial charge in [0.1, 0.15) is 6.10 Å². The SMILES string of the molecule is CCC(N)C(OCCc1cccs1)c1cccs1. The average molecular weight is 281 g/mol. The summed E-state index contributed by atoms with van der Waals surface area (Å²) in [6, 6.07) is 8.46. The van der Waals surface area contributed by atoms with E-state index in [0.29, 0.717) is 0 Å². The van der Waals surface area contributed by atoms with Crippen molar-refractivity contribution in [2.75, 3.05) is 6.61 Å². The Kier molecular flexibility index (Phi) is 5.38. The maximum Gasteiger partial charge on any atom is 0.107 e. The molecule has 2 N–H and O–H groups in total. The highest BCUT2D eigenvalue weighted by Crippen LogP contribution is 2.26. The van der Waals surface area contributed by atoms with Crippen LogP contribution in [0.5, 0.6) is 0 Å². The summed E-state index contributed by atoms with van der Waals surface area (Å²) in [7, 11) is 0. The Morgan fingerprint density at radius 3 is 2.61 bits per heavy atom. The fraction of sp³-hybridized carbons (Fsp3) is 0.429. The largest absolute Gasteiger partial charge is 0.371 e. The van der Waals surface area contributed by atoms with Crippen LogP contribution in [0.25, 0.3) is 0 Å². The van der Waals surface area contributed by atoms with E-state index in [1.807, 2.05) is 0 Å². The molecule has 0 saturated carbocycles. The minimum Gasteiger partial charge on any atom is -0.371 e. The maximum atomic E-state index is 6.15. The first-order chi connectivity index (χ1) is 8.81. The van der Waals surface area contributed by atoms with E-state index in [0.717, 1.165) is 19.4 Å². The molecule has 98 valence electrons. The van der Waals surface area contributed by atoms with Gasteiger partial charge in [-0.3, -0.25) is 0 Å². The number of rotatable bonds is 7. The Balaban J connectivity index is 1.90. The van der Waals surface area contributed by atoms with Crippen molar-refractivity contribution in [1.82, 2.24) is 0 Å². The van der Waals surface area contributed by atoms with Crippen LogP contribution in [0.3, 0.4) is 0 Å². The molecule has 2 rings (SSSR count). The Bertz CT molecular complexity index is 425. The highest BCUT2D eigenvalue weighted by Gasteiger charge is 2.19. The van der Waals surface area contributed by atoms with Crippen LogP contribution < -0.4 is 5.73 Å². The lowest BCUT2D eigenvalue weighted by Crippen LogP contribution is -2.29. The predicted molar refractivity (Wildman–Crippen MR) is 79.3 cm³/mol. The fourth-order valence-electron chi connectivity index (χ4n) is 1.83. The number of thiophene rings is 2. The second-order valence-electron chi connectivity index (χ2n) is 4.21. The number of ether oxygens (including phenoxy) is 1. The molecule has 0 saturated heterocycles. The topological polar surface area (TPSA) is 35.2 Å². The molecule has 2 nitrogen and oxygen atoms in total. The molecule has 0 aliphatic heterocycles. The molecule has 0 radical (unpaired) electrons. The summed E-state index contributed by atoms with van der Waals surface area (Å²) in [5.41, 5.74) is 6.15. The first kappa shape index (κ1) is 13.7. The summed E-state index contributed by atoms with van der Waals surface area (Å²) < 4.78 is 6.00. The molecule has 4 heteroatoms. The molecule has 0 aliphatic carbocycles. The third kappa shape index (κ3) is 3.65.